The molecule has 0 amide bonds. The van der Waals surface area contributed by atoms with Crippen LogP contribution in [-0.2, 0) is 15.8 Å². The third-order valence-corrected chi connectivity index (χ3v) is 9.26. The predicted octanol–water partition coefficient (Wildman–Crippen LogP) is 3.17. The second-order valence-electron chi connectivity index (χ2n) is 10.3. The molecule has 12 heteroatoms. The van der Waals surface area contributed by atoms with Crippen molar-refractivity contribution in [3.63, 3.8) is 0 Å². The number of piperazine rings is 1. The van der Waals surface area contributed by atoms with Crippen LogP contribution in [0.3, 0.4) is 0 Å². The van der Waals surface area contributed by atoms with Crippen molar-refractivity contribution in [2.45, 2.75) is 25.5 Å². The van der Waals surface area contributed by atoms with E-state index >= 15 is 0 Å². The van der Waals surface area contributed by atoms with Crippen LogP contribution < -0.4 is 20.9 Å². The fourth-order valence-electron chi connectivity index (χ4n) is 4.51. The third-order valence-electron chi connectivity index (χ3n) is 7.20. The van der Waals surface area contributed by atoms with E-state index in [-0.39, 0.29) is 35.6 Å². The molecule has 0 radical (unpaired) electrons. The summed E-state index contributed by atoms with van der Waals surface area (Å²) >= 11 is 6.14. The molecule has 1 aliphatic carbocycles. The van der Waals surface area contributed by atoms with Crippen LogP contribution in [0, 0.1) is 16.7 Å². The molecule has 2 aliphatic rings. The monoisotopic (exact) mass is 568 g/mol. The molecule has 2 N–H and O–H groups in total. The molecule has 39 heavy (non-hydrogen) atoms. The minimum atomic E-state index is -3.68. The Morgan fingerprint density at radius 2 is 1.90 bits per heavy atom. The summed E-state index contributed by atoms with van der Waals surface area (Å²) in [6.07, 6.45) is 3.66. The lowest BCUT2D eigenvalue weighted by Gasteiger charge is -2.35. The molecule has 1 saturated carbocycles. The lowest BCUT2D eigenvalue weighted by molar-refractivity contribution is 0.242. The lowest BCUT2D eigenvalue weighted by Crippen LogP contribution is -2.49. The Hall–Kier alpha value is -3.59. The van der Waals surface area contributed by atoms with Gasteiger partial charge in [0.25, 0.3) is 0 Å². The minimum Gasteiger partial charge on any atom is -0.486 e. The van der Waals surface area contributed by atoms with Crippen molar-refractivity contribution in [3.05, 3.63) is 75.2 Å². The van der Waals surface area contributed by atoms with Gasteiger partial charge in [0.15, 0.2) is 0 Å². The number of nitrogens with zero attached hydrogens (tertiary/aromatic N) is 5. The summed E-state index contributed by atoms with van der Waals surface area (Å²) in [5.74, 6) is -0.102. The number of hydrogen-bond donors (Lipinski definition) is 1. The summed E-state index contributed by atoms with van der Waals surface area (Å²) in [5.41, 5.74) is 7.50. The van der Waals surface area contributed by atoms with Gasteiger partial charge in [-0.1, -0.05) is 30.7 Å². The van der Waals surface area contributed by atoms with E-state index in [0.717, 1.165) is 12.8 Å². The Labute approximate surface area is 232 Å². The number of hydrogen-bond acceptors (Lipinski definition) is 8. The highest BCUT2D eigenvalue weighted by Gasteiger charge is 2.39. The van der Waals surface area contributed by atoms with Crippen LogP contribution in [0.15, 0.2) is 53.5 Å². The molecule has 0 bridgehead atoms. The summed E-state index contributed by atoms with van der Waals surface area (Å²) in [5, 5.41) is 14.3. The van der Waals surface area contributed by atoms with Crippen molar-refractivity contribution >= 4 is 33.0 Å². The molecule has 1 aliphatic heterocycles. The number of aromatic nitrogens is 2. The van der Waals surface area contributed by atoms with Crippen LogP contribution in [-0.4, -0.2) is 55.3 Å². The molecule has 2 heterocycles. The summed E-state index contributed by atoms with van der Waals surface area (Å²) in [7, 11) is -3.68. The molecule has 5 rings (SSSR count). The van der Waals surface area contributed by atoms with Gasteiger partial charge in [-0.2, -0.15) is 19.3 Å². The van der Waals surface area contributed by atoms with Gasteiger partial charge in [0, 0.05) is 42.3 Å². The first-order valence-electron chi connectivity index (χ1n) is 12.6. The topological polar surface area (TPSA) is 135 Å². The molecule has 2 fully saturated rings. The number of anilines is 2. The standard InChI is InChI=1S/C27H29ClN6O4S/c1-27(7-8-27)18-38-25-24(16-31-34(26(25)35)23-4-2-3-21(28)14-23)32-9-11-33(12-10-32)39(36,37)17-19-5-6-22(30)13-20(19)15-29/h2-6,13-14,16H,7-12,17-18,30H2,1H3. The molecule has 1 aromatic heterocycles. The number of benzene rings is 2. The average Bonchev–Trinajstić information content (AvgIpc) is 3.65. The van der Waals surface area contributed by atoms with Crippen LogP contribution in [0.4, 0.5) is 11.4 Å². The van der Waals surface area contributed by atoms with E-state index in [1.807, 2.05) is 11.0 Å². The van der Waals surface area contributed by atoms with Crippen molar-refractivity contribution < 1.29 is 13.2 Å². The van der Waals surface area contributed by atoms with Gasteiger partial charge >= 0.3 is 5.56 Å². The molecule has 0 spiro atoms. The molecule has 10 nitrogen and oxygen atoms in total. The third kappa shape index (κ3) is 5.88. The zero-order valence-electron chi connectivity index (χ0n) is 21.5. The van der Waals surface area contributed by atoms with E-state index < -0.39 is 15.6 Å². The predicted molar refractivity (Wildman–Crippen MR) is 150 cm³/mol. The number of nitriles is 1. The first-order chi connectivity index (χ1) is 18.6. The fourth-order valence-corrected chi connectivity index (χ4v) is 6.24. The maximum atomic E-state index is 13.6. The smallest absolute Gasteiger partial charge is 0.316 e. The quantitative estimate of drug-likeness (QED) is 0.409. The van der Waals surface area contributed by atoms with Crippen molar-refractivity contribution in [2.24, 2.45) is 5.41 Å². The number of nitrogens with two attached hydrogens (primary N) is 1. The van der Waals surface area contributed by atoms with Gasteiger partial charge in [0.2, 0.25) is 15.8 Å². The Morgan fingerprint density at radius 1 is 1.15 bits per heavy atom. The highest BCUT2D eigenvalue weighted by molar-refractivity contribution is 7.88. The van der Waals surface area contributed by atoms with E-state index in [0.29, 0.717) is 47.3 Å². The lowest BCUT2D eigenvalue weighted by atomic mass is 10.1. The molecule has 204 valence electrons. The van der Waals surface area contributed by atoms with Gasteiger partial charge < -0.3 is 15.4 Å². The Morgan fingerprint density at radius 3 is 2.56 bits per heavy atom. The first kappa shape index (κ1) is 27.0. The first-order valence-corrected chi connectivity index (χ1v) is 14.6. The van der Waals surface area contributed by atoms with Crippen LogP contribution in [0.25, 0.3) is 5.69 Å². The highest BCUT2D eigenvalue weighted by Crippen LogP contribution is 2.45. The van der Waals surface area contributed by atoms with Crippen LogP contribution in [0.1, 0.15) is 30.9 Å². The second-order valence-corrected chi connectivity index (χ2v) is 12.7. The Kier molecular flexibility index (Phi) is 7.29. The van der Waals surface area contributed by atoms with Crippen LogP contribution in [0.2, 0.25) is 5.02 Å². The zero-order chi connectivity index (χ0) is 27.8. The number of halogens is 1. The molecule has 0 atom stereocenters. The van der Waals surface area contributed by atoms with Crippen LogP contribution >= 0.6 is 11.6 Å². The summed E-state index contributed by atoms with van der Waals surface area (Å²) in [6, 6.07) is 13.5. The van der Waals surface area contributed by atoms with Crippen molar-refractivity contribution in [2.75, 3.05) is 43.4 Å². The van der Waals surface area contributed by atoms with Crippen molar-refractivity contribution in [3.8, 4) is 17.5 Å². The summed E-state index contributed by atoms with van der Waals surface area (Å²) in [4.78, 5) is 15.5. The van der Waals surface area contributed by atoms with Crippen LogP contribution in [0.5, 0.6) is 5.75 Å². The largest absolute Gasteiger partial charge is 0.486 e. The van der Waals surface area contributed by atoms with Gasteiger partial charge in [0.05, 0.1) is 35.9 Å². The van der Waals surface area contributed by atoms with E-state index in [9.17, 15) is 18.5 Å². The maximum absolute atomic E-state index is 13.6. The van der Waals surface area contributed by atoms with E-state index in [2.05, 4.69) is 12.0 Å². The molecular formula is C27H29ClN6O4S. The molecular weight excluding hydrogens is 540 g/mol. The molecule has 1 saturated heterocycles. The number of sulfonamides is 1. The van der Waals surface area contributed by atoms with Gasteiger partial charge in [-0.3, -0.25) is 4.79 Å². The SMILES string of the molecule is CC1(COc2c(N3CCN(S(=O)(=O)Cc4ccc(N)cc4C#N)CC3)cnn(-c3cccc(Cl)c3)c2=O)CC1. The Balaban J connectivity index is 1.37. The Bertz CT molecular complexity index is 1610. The molecule has 2 aromatic carbocycles. The van der Waals surface area contributed by atoms with Crippen molar-refractivity contribution in [1.82, 2.24) is 14.1 Å². The number of rotatable bonds is 8. The summed E-state index contributed by atoms with van der Waals surface area (Å²) in [6.45, 7) is 3.66. The second kappa shape index (κ2) is 10.5. The number of nitrogen functional groups attached to an aromatic ring is 1. The average molecular weight is 569 g/mol. The van der Waals surface area contributed by atoms with E-state index in [1.54, 1.807) is 42.6 Å². The van der Waals surface area contributed by atoms with Gasteiger partial charge in [0.1, 0.15) is 5.69 Å². The molecule has 3 aromatic rings. The minimum absolute atomic E-state index is 0.0467. The fraction of sp³-hybridized carbons (Fsp3) is 0.370. The molecule has 0 unspecified atom stereocenters. The van der Waals surface area contributed by atoms with Gasteiger partial charge in [-0.15, -0.1) is 0 Å². The summed E-state index contributed by atoms with van der Waals surface area (Å²) < 4.78 is 35.2. The van der Waals surface area contributed by atoms with Gasteiger partial charge in [-0.05, 0) is 48.7 Å². The maximum Gasteiger partial charge on any atom is 0.316 e. The van der Waals surface area contributed by atoms with Crippen molar-refractivity contribution in [1.29, 1.82) is 5.26 Å². The number of ether oxygens (including phenoxy) is 1. The van der Waals surface area contributed by atoms with Gasteiger partial charge in [-0.25, -0.2) is 8.42 Å². The van der Waals surface area contributed by atoms with E-state index in [4.69, 9.17) is 22.1 Å². The highest BCUT2D eigenvalue weighted by atomic mass is 35.5. The van der Waals surface area contributed by atoms with E-state index in [1.165, 1.54) is 15.1 Å². The normalized spacial score (nSPS) is 17.0. The zero-order valence-corrected chi connectivity index (χ0v) is 23.1.